The molecule has 0 aliphatic carbocycles. The zero-order valence-electron chi connectivity index (χ0n) is 9.64. The number of benzene rings is 2. The Balaban J connectivity index is 1.86. The molecule has 0 amide bonds. The van der Waals surface area contributed by atoms with Gasteiger partial charge in [0.1, 0.15) is 6.54 Å². The van der Waals surface area contributed by atoms with E-state index in [9.17, 15) is 4.79 Å². The monoisotopic (exact) mass is 240 g/mol. The van der Waals surface area contributed by atoms with Gasteiger partial charge in [-0.2, -0.15) is 0 Å². The Kier molecular flexibility index (Phi) is 2.61. The summed E-state index contributed by atoms with van der Waals surface area (Å²) in [6.45, 7) is 0.221. The average Bonchev–Trinajstić information content (AvgIpc) is 2.39. The zero-order chi connectivity index (χ0) is 12.4. The summed E-state index contributed by atoms with van der Waals surface area (Å²) in [7, 11) is 0. The summed E-state index contributed by atoms with van der Waals surface area (Å²) in [6, 6.07) is 15.5. The molecule has 0 aromatic heterocycles. The number of carbonyl (C=O) groups excluding carboxylic acids is 1. The van der Waals surface area contributed by atoms with Crippen LogP contribution in [0.25, 0.3) is 0 Å². The van der Waals surface area contributed by atoms with Crippen molar-refractivity contribution in [2.24, 2.45) is 0 Å². The molecule has 1 aliphatic heterocycles. The molecule has 0 saturated carbocycles. The van der Waals surface area contributed by atoms with E-state index in [2.05, 4.69) is 10.6 Å². The summed E-state index contributed by atoms with van der Waals surface area (Å²) >= 11 is 0. The number of para-hydroxylation sites is 1. The number of ether oxygens (including phenoxy) is 1. The molecule has 18 heavy (non-hydrogen) atoms. The Bertz CT molecular complexity index is 582. The highest BCUT2D eigenvalue weighted by Gasteiger charge is 2.16. The van der Waals surface area contributed by atoms with Gasteiger partial charge < -0.3 is 15.4 Å². The van der Waals surface area contributed by atoms with Gasteiger partial charge in [-0.15, -0.1) is 0 Å². The molecular formula is C14H12N2O2. The van der Waals surface area contributed by atoms with E-state index in [0.717, 1.165) is 17.1 Å². The van der Waals surface area contributed by atoms with Crippen LogP contribution in [0.4, 0.5) is 17.1 Å². The van der Waals surface area contributed by atoms with Gasteiger partial charge in [-0.1, -0.05) is 18.2 Å². The molecule has 3 rings (SSSR count). The van der Waals surface area contributed by atoms with E-state index in [1.165, 1.54) is 0 Å². The Morgan fingerprint density at radius 3 is 2.72 bits per heavy atom. The molecule has 0 spiro atoms. The summed E-state index contributed by atoms with van der Waals surface area (Å²) in [5.41, 5.74) is 2.72. The van der Waals surface area contributed by atoms with Gasteiger partial charge in [-0.3, -0.25) is 0 Å². The number of hydrogen-bond acceptors (Lipinski definition) is 4. The predicted octanol–water partition coefficient (Wildman–Crippen LogP) is 2.76. The van der Waals surface area contributed by atoms with E-state index in [4.69, 9.17) is 4.74 Å². The second-order valence-corrected chi connectivity index (χ2v) is 4.03. The van der Waals surface area contributed by atoms with Crippen molar-refractivity contribution in [3.05, 3.63) is 48.5 Å². The van der Waals surface area contributed by atoms with Crippen molar-refractivity contribution >= 4 is 23.0 Å². The Morgan fingerprint density at radius 2 is 1.89 bits per heavy atom. The molecular weight excluding hydrogens is 228 g/mol. The van der Waals surface area contributed by atoms with Gasteiger partial charge in [0.05, 0.1) is 5.69 Å². The topological polar surface area (TPSA) is 50.4 Å². The maximum Gasteiger partial charge on any atom is 0.330 e. The van der Waals surface area contributed by atoms with Gasteiger partial charge in [0.2, 0.25) is 0 Å². The van der Waals surface area contributed by atoms with Crippen LogP contribution in [0.15, 0.2) is 48.5 Å². The van der Waals surface area contributed by atoms with Gasteiger partial charge in [0, 0.05) is 17.4 Å². The standard InChI is InChI=1S/C14H12N2O2/c17-14-9-15-12-7-6-11(8-13(12)18-14)16-10-4-2-1-3-5-10/h1-8,15-16H,9H2. The van der Waals surface area contributed by atoms with E-state index in [-0.39, 0.29) is 12.5 Å². The van der Waals surface area contributed by atoms with Crippen LogP contribution in [0.2, 0.25) is 0 Å². The predicted molar refractivity (Wildman–Crippen MR) is 70.3 cm³/mol. The molecule has 4 nitrogen and oxygen atoms in total. The van der Waals surface area contributed by atoms with Gasteiger partial charge >= 0.3 is 5.97 Å². The average molecular weight is 240 g/mol. The summed E-state index contributed by atoms with van der Waals surface area (Å²) in [5.74, 6) is 0.298. The van der Waals surface area contributed by atoms with Crippen LogP contribution in [0.5, 0.6) is 5.75 Å². The zero-order valence-corrected chi connectivity index (χ0v) is 9.64. The molecule has 4 heteroatoms. The fourth-order valence-corrected chi connectivity index (χ4v) is 1.84. The van der Waals surface area contributed by atoms with E-state index < -0.39 is 0 Å². The molecule has 0 radical (unpaired) electrons. The molecule has 90 valence electrons. The van der Waals surface area contributed by atoms with E-state index in [0.29, 0.717) is 5.75 Å². The molecule has 0 saturated heterocycles. The second kappa shape index (κ2) is 4.41. The summed E-state index contributed by atoms with van der Waals surface area (Å²) in [5, 5.41) is 6.25. The van der Waals surface area contributed by atoms with Gasteiger partial charge in [-0.05, 0) is 24.3 Å². The molecule has 0 atom stereocenters. The SMILES string of the molecule is O=C1CNc2ccc(Nc3ccccc3)cc2O1. The first-order chi connectivity index (χ1) is 8.81. The van der Waals surface area contributed by atoms with Crippen LogP contribution in [0.3, 0.4) is 0 Å². The highest BCUT2D eigenvalue weighted by molar-refractivity contribution is 5.84. The maximum absolute atomic E-state index is 11.2. The van der Waals surface area contributed by atoms with Crippen molar-refractivity contribution in [3.8, 4) is 5.75 Å². The minimum Gasteiger partial charge on any atom is -0.423 e. The third-order valence-electron chi connectivity index (χ3n) is 2.69. The first-order valence-corrected chi connectivity index (χ1v) is 5.72. The normalized spacial score (nSPS) is 13.2. The third-order valence-corrected chi connectivity index (χ3v) is 2.69. The lowest BCUT2D eigenvalue weighted by atomic mass is 10.2. The largest absolute Gasteiger partial charge is 0.423 e. The van der Waals surface area contributed by atoms with Gasteiger partial charge in [0.15, 0.2) is 5.75 Å². The highest BCUT2D eigenvalue weighted by atomic mass is 16.5. The number of carbonyl (C=O) groups is 1. The lowest BCUT2D eigenvalue weighted by Gasteiger charge is -2.18. The quantitative estimate of drug-likeness (QED) is 0.626. The van der Waals surface area contributed by atoms with Gasteiger partial charge in [0.25, 0.3) is 0 Å². The number of esters is 1. The fraction of sp³-hybridized carbons (Fsp3) is 0.0714. The van der Waals surface area contributed by atoms with Crippen molar-refractivity contribution in [1.29, 1.82) is 0 Å². The first kappa shape index (κ1) is 10.7. The van der Waals surface area contributed by atoms with Crippen LogP contribution in [-0.4, -0.2) is 12.5 Å². The summed E-state index contributed by atoms with van der Waals surface area (Å²) in [4.78, 5) is 11.2. The lowest BCUT2D eigenvalue weighted by molar-refractivity contribution is -0.132. The molecule has 2 N–H and O–H groups in total. The number of anilines is 3. The molecule has 2 aromatic rings. The fourth-order valence-electron chi connectivity index (χ4n) is 1.84. The van der Waals surface area contributed by atoms with Crippen molar-refractivity contribution in [3.63, 3.8) is 0 Å². The summed E-state index contributed by atoms with van der Waals surface area (Å²) in [6.07, 6.45) is 0. The first-order valence-electron chi connectivity index (χ1n) is 5.72. The van der Waals surface area contributed by atoms with Crippen molar-refractivity contribution in [2.45, 2.75) is 0 Å². The van der Waals surface area contributed by atoms with Crippen LogP contribution in [-0.2, 0) is 4.79 Å². The van der Waals surface area contributed by atoms with Crippen molar-refractivity contribution in [1.82, 2.24) is 0 Å². The number of rotatable bonds is 2. The van der Waals surface area contributed by atoms with Crippen LogP contribution >= 0.6 is 0 Å². The third kappa shape index (κ3) is 2.13. The number of fused-ring (bicyclic) bond motifs is 1. The molecule has 2 aromatic carbocycles. The van der Waals surface area contributed by atoms with Gasteiger partial charge in [-0.25, -0.2) is 4.79 Å². The lowest BCUT2D eigenvalue weighted by Crippen LogP contribution is -2.24. The number of hydrogen-bond donors (Lipinski definition) is 2. The highest BCUT2D eigenvalue weighted by Crippen LogP contribution is 2.31. The van der Waals surface area contributed by atoms with Crippen LogP contribution < -0.4 is 15.4 Å². The van der Waals surface area contributed by atoms with E-state index in [1.807, 2.05) is 48.5 Å². The summed E-state index contributed by atoms with van der Waals surface area (Å²) < 4.78 is 5.17. The smallest absolute Gasteiger partial charge is 0.330 e. The second-order valence-electron chi connectivity index (χ2n) is 4.03. The molecule has 0 unspecified atom stereocenters. The Hall–Kier alpha value is -2.49. The molecule has 1 aliphatic rings. The Morgan fingerprint density at radius 1 is 1.06 bits per heavy atom. The minimum atomic E-state index is -0.264. The van der Waals surface area contributed by atoms with E-state index in [1.54, 1.807) is 0 Å². The molecule has 0 bridgehead atoms. The minimum absolute atomic E-state index is 0.221. The number of nitrogens with one attached hydrogen (secondary N) is 2. The van der Waals surface area contributed by atoms with Crippen molar-refractivity contribution < 1.29 is 9.53 Å². The Labute approximate surface area is 105 Å². The molecule has 1 heterocycles. The van der Waals surface area contributed by atoms with E-state index >= 15 is 0 Å². The maximum atomic E-state index is 11.2. The molecule has 0 fully saturated rings. The van der Waals surface area contributed by atoms with Crippen LogP contribution in [0, 0.1) is 0 Å². The van der Waals surface area contributed by atoms with Crippen LogP contribution in [0.1, 0.15) is 0 Å². The van der Waals surface area contributed by atoms with Crippen molar-refractivity contribution in [2.75, 3.05) is 17.2 Å².